The first-order chi connectivity index (χ1) is 15.4. The largest absolute Gasteiger partial charge is 0.465 e. The number of aromatic nitrogens is 1. The average Bonchev–Trinajstić information content (AvgIpc) is 3.46. The second-order valence-electron chi connectivity index (χ2n) is 7.72. The van der Waals surface area contributed by atoms with E-state index in [1.807, 2.05) is 30.3 Å². The number of hydrogen-bond donors (Lipinski definition) is 1. The molecule has 0 spiro atoms. The second-order valence-corrected chi connectivity index (χ2v) is 9.59. The van der Waals surface area contributed by atoms with Gasteiger partial charge in [-0.25, -0.2) is 8.42 Å². The molecule has 32 heavy (non-hydrogen) atoms. The van der Waals surface area contributed by atoms with Crippen LogP contribution in [0, 0.1) is 12.8 Å². The lowest BCUT2D eigenvalue weighted by Gasteiger charge is -2.31. The standard InChI is InChI=1S/C23H25N3O5S/c1-17-22(21(31-25-17)12-11-20-10-6-14-30-20)32(28,29)26-13-5-9-19(16-26)23(27)24-15-18-7-3-2-4-8-18/h2-4,6-8,10-12,14,19H,5,9,13,15-16H2,1H3,(H,24,27)/b12-11+/t19-/m0/s1. The van der Waals surface area contributed by atoms with Crippen molar-refractivity contribution in [2.24, 2.45) is 5.92 Å². The molecule has 0 saturated carbocycles. The molecule has 3 aromatic rings. The predicted molar refractivity (Wildman–Crippen MR) is 119 cm³/mol. The zero-order valence-electron chi connectivity index (χ0n) is 17.7. The molecule has 1 atom stereocenters. The summed E-state index contributed by atoms with van der Waals surface area (Å²) < 4.78 is 38.7. The molecule has 1 N–H and O–H groups in total. The molecule has 1 fully saturated rings. The molecule has 1 aromatic carbocycles. The Balaban J connectivity index is 1.48. The summed E-state index contributed by atoms with van der Waals surface area (Å²) in [6, 6.07) is 13.1. The molecule has 1 aliphatic rings. The molecule has 0 radical (unpaired) electrons. The van der Waals surface area contributed by atoms with E-state index in [-0.39, 0.29) is 28.8 Å². The summed E-state index contributed by atoms with van der Waals surface area (Å²) in [6.45, 7) is 2.47. The number of carbonyl (C=O) groups excluding carboxylic acids is 1. The predicted octanol–water partition coefficient (Wildman–Crippen LogP) is 3.46. The van der Waals surface area contributed by atoms with Crippen molar-refractivity contribution in [2.45, 2.75) is 31.2 Å². The van der Waals surface area contributed by atoms with Crippen LogP contribution >= 0.6 is 0 Å². The number of carbonyl (C=O) groups is 1. The Kier molecular flexibility index (Phi) is 6.57. The van der Waals surface area contributed by atoms with Gasteiger partial charge in [0.15, 0.2) is 10.7 Å². The molecule has 9 heteroatoms. The molecule has 1 aliphatic heterocycles. The molecule has 0 aliphatic carbocycles. The van der Waals surface area contributed by atoms with Crippen LogP contribution in [-0.2, 0) is 21.4 Å². The molecule has 168 valence electrons. The first-order valence-corrected chi connectivity index (χ1v) is 11.9. The van der Waals surface area contributed by atoms with Gasteiger partial charge in [0.05, 0.1) is 12.2 Å². The third-order valence-electron chi connectivity index (χ3n) is 5.44. The molecule has 3 heterocycles. The van der Waals surface area contributed by atoms with Crippen LogP contribution in [0.2, 0.25) is 0 Å². The minimum absolute atomic E-state index is 0.0191. The Morgan fingerprint density at radius 3 is 2.78 bits per heavy atom. The minimum Gasteiger partial charge on any atom is -0.465 e. The number of benzene rings is 1. The molecular formula is C23H25N3O5S. The zero-order valence-corrected chi connectivity index (χ0v) is 18.5. The molecule has 8 nitrogen and oxygen atoms in total. The Hall–Kier alpha value is -3.17. The maximum Gasteiger partial charge on any atom is 0.248 e. The van der Waals surface area contributed by atoms with E-state index in [2.05, 4.69) is 10.5 Å². The van der Waals surface area contributed by atoms with Gasteiger partial charge in [0, 0.05) is 19.6 Å². The van der Waals surface area contributed by atoms with Crippen molar-refractivity contribution < 1.29 is 22.2 Å². The number of hydrogen-bond acceptors (Lipinski definition) is 6. The summed E-state index contributed by atoms with van der Waals surface area (Å²) in [4.78, 5) is 12.7. The van der Waals surface area contributed by atoms with E-state index < -0.39 is 15.9 Å². The molecule has 4 rings (SSSR count). The molecule has 1 amide bonds. The number of rotatable bonds is 7. The zero-order chi connectivity index (χ0) is 22.6. The highest BCUT2D eigenvalue weighted by atomic mass is 32.2. The van der Waals surface area contributed by atoms with Gasteiger partial charge in [0.1, 0.15) is 11.5 Å². The summed E-state index contributed by atoms with van der Waals surface area (Å²) in [5.74, 6) is 0.142. The van der Waals surface area contributed by atoms with Gasteiger partial charge in [-0.15, -0.1) is 0 Å². The summed E-state index contributed by atoms with van der Waals surface area (Å²) in [7, 11) is -3.89. The Labute approximate surface area is 186 Å². The van der Waals surface area contributed by atoms with Crippen molar-refractivity contribution in [2.75, 3.05) is 13.1 Å². The van der Waals surface area contributed by atoms with Crippen LogP contribution < -0.4 is 5.32 Å². The van der Waals surface area contributed by atoms with Crippen molar-refractivity contribution in [3.05, 3.63) is 71.5 Å². The van der Waals surface area contributed by atoms with Gasteiger partial charge in [-0.1, -0.05) is 35.5 Å². The van der Waals surface area contributed by atoms with Crippen molar-refractivity contribution in [1.82, 2.24) is 14.8 Å². The van der Waals surface area contributed by atoms with E-state index in [1.54, 1.807) is 25.1 Å². The number of aryl methyl sites for hydroxylation is 1. The molecular weight excluding hydrogens is 430 g/mol. The summed E-state index contributed by atoms with van der Waals surface area (Å²) in [5, 5.41) is 6.77. The van der Waals surface area contributed by atoms with E-state index >= 15 is 0 Å². The average molecular weight is 456 g/mol. The molecule has 0 bridgehead atoms. The fourth-order valence-corrected chi connectivity index (χ4v) is 5.55. The Morgan fingerprint density at radius 2 is 2.03 bits per heavy atom. The van der Waals surface area contributed by atoms with Gasteiger partial charge >= 0.3 is 0 Å². The van der Waals surface area contributed by atoms with Crippen LogP contribution in [0.25, 0.3) is 12.2 Å². The maximum atomic E-state index is 13.4. The van der Waals surface area contributed by atoms with Gasteiger partial charge in [-0.05, 0) is 49.6 Å². The number of sulfonamides is 1. The van der Waals surface area contributed by atoms with Crippen LogP contribution in [0.4, 0.5) is 0 Å². The lowest BCUT2D eigenvalue weighted by atomic mass is 9.99. The Bertz CT molecular complexity index is 1180. The van der Waals surface area contributed by atoms with Crippen molar-refractivity contribution in [3.8, 4) is 0 Å². The Morgan fingerprint density at radius 1 is 1.22 bits per heavy atom. The first-order valence-electron chi connectivity index (χ1n) is 10.4. The van der Waals surface area contributed by atoms with Crippen LogP contribution in [0.3, 0.4) is 0 Å². The van der Waals surface area contributed by atoms with Crippen LogP contribution in [0.1, 0.15) is 35.6 Å². The van der Waals surface area contributed by atoms with E-state index in [0.717, 1.165) is 5.56 Å². The second kappa shape index (κ2) is 9.54. The lowest BCUT2D eigenvalue weighted by Crippen LogP contribution is -2.45. The van der Waals surface area contributed by atoms with Gasteiger partial charge in [-0.2, -0.15) is 4.31 Å². The SMILES string of the molecule is Cc1noc(/C=C/c2ccco2)c1S(=O)(=O)N1CCC[C@H](C(=O)NCc2ccccc2)C1. The maximum absolute atomic E-state index is 13.4. The van der Waals surface area contributed by atoms with Gasteiger partial charge in [0.25, 0.3) is 0 Å². The van der Waals surface area contributed by atoms with Gasteiger partial charge < -0.3 is 14.3 Å². The number of furan rings is 1. The van der Waals surface area contributed by atoms with Crippen molar-refractivity contribution in [3.63, 3.8) is 0 Å². The van der Waals surface area contributed by atoms with Gasteiger partial charge in [-0.3, -0.25) is 4.79 Å². The monoisotopic (exact) mass is 455 g/mol. The number of amides is 1. The van der Waals surface area contributed by atoms with Crippen LogP contribution in [0.5, 0.6) is 0 Å². The number of piperidine rings is 1. The van der Waals surface area contributed by atoms with E-state index in [4.69, 9.17) is 8.94 Å². The normalized spacial score (nSPS) is 17.6. The number of nitrogens with zero attached hydrogens (tertiary/aromatic N) is 2. The van der Waals surface area contributed by atoms with Crippen molar-refractivity contribution >= 4 is 28.1 Å². The first kappa shape index (κ1) is 22.0. The highest BCUT2D eigenvalue weighted by Gasteiger charge is 2.36. The molecule has 1 saturated heterocycles. The van der Waals surface area contributed by atoms with Crippen LogP contribution in [0.15, 0.2) is 62.6 Å². The summed E-state index contributed by atoms with van der Waals surface area (Å²) in [5.41, 5.74) is 1.27. The van der Waals surface area contributed by atoms with E-state index in [0.29, 0.717) is 31.7 Å². The smallest absolute Gasteiger partial charge is 0.248 e. The molecule has 2 aromatic heterocycles. The van der Waals surface area contributed by atoms with E-state index in [1.165, 1.54) is 16.6 Å². The highest BCUT2D eigenvalue weighted by molar-refractivity contribution is 7.89. The van der Waals surface area contributed by atoms with Gasteiger partial charge in [0.2, 0.25) is 15.9 Å². The fourth-order valence-electron chi connectivity index (χ4n) is 3.78. The number of nitrogens with one attached hydrogen (secondary N) is 1. The quantitative estimate of drug-likeness (QED) is 0.585. The van der Waals surface area contributed by atoms with Crippen molar-refractivity contribution in [1.29, 1.82) is 0 Å². The summed E-state index contributed by atoms with van der Waals surface area (Å²) in [6.07, 6.45) is 5.92. The summed E-state index contributed by atoms with van der Waals surface area (Å²) >= 11 is 0. The fraction of sp³-hybridized carbons (Fsp3) is 0.304. The molecule has 0 unspecified atom stereocenters. The third-order valence-corrected chi connectivity index (χ3v) is 7.46. The lowest BCUT2D eigenvalue weighted by molar-refractivity contribution is -0.126. The third kappa shape index (κ3) is 4.84. The highest BCUT2D eigenvalue weighted by Crippen LogP contribution is 2.29. The minimum atomic E-state index is -3.89. The van der Waals surface area contributed by atoms with Crippen LogP contribution in [-0.4, -0.2) is 36.9 Å². The topological polar surface area (TPSA) is 106 Å². The van der Waals surface area contributed by atoms with E-state index in [9.17, 15) is 13.2 Å².